The largest absolute Gasteiger partial charge is 0.361 e. The van der Waals surface area contributed by atoms with E-state index in [1.807, 2.05) is 29.3 Å². The lowest BCUT2D eigenvalue weighted by atomic mass is 10.1. The summed E-state index contributed by atoms with van der Waals surface area (Å²) in [5.74, 6) is -0.201. The molecule has 1 aliphatic rings. The van der Waals surface area contributed by atoms with Crippen LogP contribution in [0.2, 0.25) is 0 Å². The van der Waals surface area contributed by atoms with Gasteiger partial charge in [0.05, 0.1) is 0 Å². The van der Waals surface area contributed by atoms with Crippen LogP contribution in [0.5, 0.6) is 0 Å². The highest BCUT2D eigenvalue weighted by atomic mass is 32.1. The average Bonchev–Trinajstić information content (AvgIpc) is 3.49. The number of carbonyl (C=O) groups is 3. The minimum Gasteiger partial charge on any atom is -0.361 e. The third kappa shape index (κ3) is 5.70. The topological polar surface area (TPSA) is 110 Å². The number of piperazine rings is 1. The van der Waals surface area contributed by atoms with Gasteiger partial charge in [0.15, 0.2) is 5.13 Å². The zero-order valence-corrected chi connectivity index (χ0v) is 19.4. The van der Waals surface area contributed by atoms with Gasteiger partial charge in [-0.05, 0) is 31.4 Å². The Morgan fingerprint density at radius 2 is 1.91 bits per heavy atom. The van der Waals surface area contributed by atoms with Crippen molar-refractivity contribution in [3.05, 3.63) is 47.6 Å². The van der Waals surface area contributed by atoms with E-state index in [1.54, 1.807) is 23.4 Å². The Morgan fingerprint density at radius 1 is 1.15 bits per heavy atom. The van der Waals surface area contributed by atoms with E-state index in [2.05, 4.69) is 26.7 Å². The van der Waals surface area contributed by atoms with Crippen LogP contribution in [-0.4, -0.2) is 69.8 Å². The number of hydrogen-bond donors (Lipinski definition) is 3. The molecule has 1 fully saturated rings. The molecule has 3 aromatic rings. The van der Waals surface area contributed by atoms with E-state index in [0.29, 0.717) is 37.7 Å². The average molecular weight is 469 g/mol. The molecule has 0 unspecified atom stereocenters. The number of para-hydroxylation sites is 1. The van der Waals surface area contributed by atoms with Gasteiger partial charge in [-0.1, -0.05) is 18.2 Å². The van der Waals surface area contributed by atoms with Gasteiger partial charge in [-0.2, -0.15) is 0 Å². The van der Waals surface area contributed by atoms with Gasteiger partial charge in [0.2, 0.25) is 11.8 Å². The lowest BCUT2D eigenvalue weighted by Crippen LogP contribution is -2.55. The Morgan fingerprint density at radius 3 is 2.67 bits per heavy atom. The van der Waals surface area contributed by atoms with E-state index in [-0.39, 0.29) is 17.8 Å². The van der Waals surface area contributed by atoms with E-state index in [1.165, 1.54) is 22.3 Å². The molecule has 1 saturated heterocycles. The number of anilines is 1. The van der Waals surface area contributed by atoms with Crippen LogP contribution in [0.15, 0.2) is 42.0 Å². The maximum Gasteiger partial charge on any atom is 0.318 e. The summed E-state index contributed by atoms with van der Waals surface area (Å²) in [6, 6.07) is 7.18. The summed E-state index contributed by atoms with van der Waals surface area (Å²) in [4.78, 5) is 48.1. The summed E-state index contributed by atoms with van der Waals surface area (Å²) >= 11 is 1.32. The van der Waals surface area contributed by atoms with Crippen LogP contribution in [0.25, 0.3) is 10.9 Å². The molecule has 2 aromatic heterocycles. The molecule has 4 amide bonds. The van der Waals surface area contributed by atoms with E-state index in [9.17, 15) is 14.4 Å². The summed E-state index contributed by atoms with van der Waals surface area (Å²) in [6.07, 6.45) is 5.74. The van der Waals surface area contributed by atoms with Crippen LogP contribution < -0.4 is 10.6 Å². The number of aromatic amines is 1. The van der Waals surface area contributed by atoms with E-state index < -0.39 is 6.04 Å². The highest BCUT2D eigenvalue weighted by Gasteiger charge is 2.26. The number of amides is 4. The molecule has 0 aliphatic carbocycles. The van der Waals surface area contributed by atoms with Crippen molar-refractivity contribution in [3.63, 3.8) is 0 Å². The van der Waals surface area contributed by atoms with Gasteiger partial charge in [-0.15, -0.1) is 11.3 Å². The number of nitrogens with one attached hydrogen (secondary N) is 3. The first-order valence-electron chi connectivity index (χ1n) is 11.1. The molecule has 1 aliphatic heterocycles. The summed E-state index contributed by atoms with van der Waals surface area (Å²) in [5.41, 5.74) is 2.34. The molecule has 0 bridgehead atoms. The first-order valence-corrected chi connectivity index (χ1v) is 12.0. The summed E-state index contributed by atoms with van der Waals surface area (Å²) < 4.78 is 0. The maximum absolute atomic E-state index is 12.6. The minimum atomic E-state index is -0.689. The molecule has 1 aromatic carbocycles. The second-order valence-electron chi connectivity index (χ2n) is 8.08. The molecule has 0 saturated carbocycles. The zero-order valence-electron chi connectivity index (χ0n) is 18.5. The van der Waals surface area contributed by atoms with Gasteiger partial charge in [0, 0.05) is 61.3 Å². The van der Waals surface area contributed by atoms with Gasteiger partial charge in [-0.3, -0.25) is 9.59 Å². The fourth-order valence-corrected chi connectivity index (χ4v) is 4.46. The third-order valence-corrected chi connectivity index (χ3v) is 6.52. The number of H-pyrrole nitrogens is 1. The van der Waals surface area contributed by atoms with Gasteiger partial charge < -0.3 is 25.4 Å². The number of thiazole rings is 1. The Bertz CT molecular complexity index is 1100. The number of urea groups is 1. The SMILES string of the molecule is C[C@@H](NC(=O)N1CCN(C(=O)CCCc2c[nH]c3ccccc23)CC1)C(=O)Nc1nccs1. The number of hydrogen-bond acceptors (Lipinski definition) is 5. The molecule has 0 radical (unpaired) electrons. The highest BCUT2D eigenvalue weighted by molar-refractivity contribution is 7.13. The Labute approximate surface area is 196 Å². The number of aromatic nitrogens is 2. The van der Waals surface area contributed by atoms with Crippen LogP contribution in [0.3, 0.4) is 0 Å². The molecule has 3 heterocycles. The number of benzene rings is 1. The molecule has 3 N–H and O–H groups in total. The molecule has 9 nitrogen and oxygen atoms in total. The standard InChI is InChI=1S/C23H28N6O3S/c1-16(21(31)27-22-24-9-14-33-22)26-23(32)29-12-10-28(11-13-29)20(30)8-4-5-17-15-25-19-7-3-2-6-18(17)19/h2-3,6-7,9,14-16,25H,4-5,8,10-13H2,1H3,(H,26,32)(H,24,27,31)/t16-/m1/s1. The predicted octanol–water partition coefficient (Wildman–Crippen LogP) is 2.83. The Balaban J connectivity index is 1.17. The Hall–Kier alpha value is -3.40. The van der Waals surface area contributed by atoms with E-state index >= 15 is 0 Å². The predicted molar refractivity (Wildman–Crippen MR) is 128 cm³/mol. The monoisotopic (exact) mass is 468 g/mol. The van der Waals surface area contributed by atoms with Crippen molar-refractivity contribution in [3.8, 4) is 0 Å². The molecule has 10 heteroatoms. The van der Waals surface area contributed by atoms with Gasteiger partial charge in [0.25, 0.3) is 0 Å². The van der Waals surface area contributed by atoms with Gasteiger partial charge >= 0.3 is 6.03 Å². The summed E-state index contributed by atoms with van der Waals surface area (Å²) in [5, 5.41) is 8.86. The lowest BCUT2D eigenvalue weighted by Gasteiger charge is -2.35. The van der Waals surface area contributed by atoms with Crippen molar-refractivity contribution in [1.29, 1.82) is 0 Å². The van der Waals surface area contributed by atoms with Gasteiger partial charge in [-0.25, -0.2) is 9.78 Å². The van der Waals surface area contributed by atoms with Crippen LogP contribution >= 0.6 is 11.3 Å². The fraction of sp³-hybridized carbons (Fsp3) is 0.391. The van der Waals surface area contributed by atoms with Crippen molar-refractivity contribution in [1.82, 2.24) is 25.1 Å². The second kappa shape index (κ2) is 10.5. The molecular weight excluding hydrogens is 440 g/mol. The molecule has 1 atom stereocenters. The molecule has 0 spiro atoms. The Kier molecular flexibility index (Phi) is 7.23. The number of nitrogens with zero attached hydrogens (tertiary/aromatic N) is 3. The van der Waals surface area contributed by atoms with Gasteiger partial charge in [0.1, 0.15) is 6.04 Å². The van der Waals surface area contributed by atoms with Crippen LogP contribution in [0, 0.1) is 0 Å². The smallest absolute Gasteiger partial charge is 0.318 e. The highest BCUT2D eigenvalue weighted by Crippen LogP contribution is 2.20. The summed E-state index contributed by atoms with van der Waals surface area (Å²) in [7, 11) is 0. The van der Waals surface area contributed by atoms with Crippen molar-refractivity contribution >= 4 is 45.2 Å². The first kappa shape index (κ1) is 22.8. The summed E-state index contributed by atoms with van der Waals surface area (Å²) in [6.45, 7) is 3.52. The normalized spacial score (nSPS) is 14.8. The number of fused-ring (bicyclic) bond motifs is 1. The maximum atomic E-state index is 12.6. The number of carbonyl (C=O) groups excluding carboxylic acids is 3. The quantitative estimate of drug-likeness (QED) is 0.495. The zero-order chi connectivity index (χ0) is 23.2. The van der Waals surface area contributed by atoms with Crippen LogP contribution in [-0.2, 0) is 16.0 Å². The van der Waals surface area contributed by atoms with Crippen molar-refractivity contribution in [2.75, 3.05) is 31.5 Å². The van der Waals surface area contributed by atoms with E-state index in [4.69, 9.17) is 0 Å². The molecule has 174 valence electrons. The minimum absolute atomic E-state index is 0.117. The van der Waals surface area contributed by atoms with E-state index in [0.717, 1.165) is 18.4 Å². The molecule has 4 rings (SSSR count). The van der Waals surface area contributed by atoms with Crippen molar-refractivity contribution < 1.29 is 14.4 Å². The molecule has 33 heavy (non-hydrogen) atoms. The third-order valence-electron chi connectivity index (χ3n) is 5.83. The van der Waals surface area contributed by atoms with Crippen molar-refractivity contribution in [2.24, 2.45) is 0 Å². The first-order chi connectivity index (χ1) is 16.0. The second-order valence-corrected chi connectivity index (χ2v) is 8.97. The molecular formula is C23H28N6O3S. The number of rotatable bonds is 7. The number of aryl methyl sites for hydroxylation is 1. The van der Waals surface area contributed by atoms with Crippen molar-refractivity contribution in [2.45, 2.75) is 32.2 Å². The fourth-order valence-electron chi connectivity index (χ4n) is 3.93. The van der Waals surface area contributed by atoms with Crippen LogP contribution in [0.4, 0.5) is 9.93 Å². The lowest BCUT2D eigenvalue weighted by molar-refractivity contribution is -0.132. The van der Waals surface area contributed by atoms with Crippen LogP contribution in [0.1, 0.15) is 25.3 Å².